The number of rotatable bonds is 7. The number of aryl methyl sites for hydroxylation is 1. The number of hydrogen-bond donors (Lipinski definition) is 0. The van der Waals surface area contributed by atoms with Crippen molar-refractivity contribution < 1.29 is 27.5 Å². The molecule has 0 heterocycles. The minimum absolute atomic E-state index is 0.108. The van der Waals surface area contributed by atoms with E-state index in [9.17, 15) is 18.0 Å². The van der Waals surface area contributed by atoms with E-state index in [1.54, 1.807) is 31.2 Å². The largest absolute Gasteiger partial charge is 0.468 e. The number of hydrogen-bond acceptors (Lipinski definition) is 6. The second-order valence-electron chi connectivity index (χ2n) is 4.77. The van der Waals surface area contributed by atoms with Gasteiger partial charge in [0.25, 0.3) is 5.25 Å². The maximum absolute atomic E-state index is 12.6. The number of carbonyl (C=O) groups excluding carboxylic acids is 2. The molecule has 1 aromatic rings. The summed E-state index contributed by atoms with van der Waals surface area (Å²) >= 11 is 0. The highest BCUT2D eigenvalue weighted by atomic mass is 32.2. The first-order valence-corrected chi connectivity index (χ1v) is 8.59. The Balaban J connectivity index is 3.10. The molecule has 1 rings (SSSR count). The maximum atomic E-state index is 12.6. The van der Waals surface area contributed by atoms with Crippen molar-refractivity contribution in [3.8, 4) is 0 Å². The van der Waals surface area contributed by atoms with Crippen molar-refractivity contribution in [2.24, 2.45) is 0 Å². The lowest BCUT2D eigenvalue weighted by molar-refractivity contribution is -0.151. The van der Waals surface area contributed by atoms with Gasteiger partial charge < -0.3 is 9.47 Å². The third kappa shape index (κ3) is 4.92. The average Bonchev–Trinajstić information content (AvgIpc) is 2.51. The summed E-state index contributed by atoms with van der Waals surface area (Å²) in [4.78, 5) is 23.7. The van der Waals surface area contributed by atoms with Gasteiger partial charge in [0.05, 0.1) is 12.0 Å². The van der Waals surface area contributed by atoms with Crippen LogP contribution in [0.1, 0.15) is 18.9 Å². The second-order valence-corrected chi connectivity index (χ2v) is 6.80. The van der Waals surface area contributed by atoms with Crippen LogP contribution in [-0.2, 0) is 28.9 Å². The van der Waals surface area contributed by atoms with Crippen LogP contribution in [-0.4, -0.2) is 39.3 Å². The Hall–Kier alpha value is -2.15. The zero-order valence-corrected chi connectivity index (χ0v) is 14.1. The summed E-state index contributed by atoms with van der Waals surface area (Å²) in [5.74, 6) is -2.33. The van der Waals surface area contributed by atoms with E-state index in [2.05, 4.69) is 4.74 Å². The zero-order chi connectivity index (χ0) is 17.5. The molecule has 7 heteroatoms. The fourth-order valence-electron chi connectivity index (χ4n) is 1.76. The van der Waals surface area contributed by atoms with Gasteiger partial charge in [-0.05, 0) is 25.5 Å². The Labute approximate surface area is 136 Å². The Morgan fingerprint density at radius 3 is 2.26 bits per heavy atom. The molecule has 6 nitrogen and oxygen atoms in total. The molecule has 0 radical (unpaired) electrons. The van der Waals surface area contributed by atoms with E-state index in [1.165, 1.54) is 12.1 Å². The summed E-state index contributed by atoms with van der Waals surface area (Å²) in [5.41, 5.74) is 0.853. The maximum Gasteiger partial charge on any atom is 0.336 e. The van der Waals surface area contributed by atoms with Crippen LogP contribution in [0.5, 0.6) is 0 Å². The zero-order valence-electron chi connectivity index (χ0n) is 13.3. The van der Waals surface area contributed by atoms with Gasteiger partial charge >= 0.3 is 11.9 Å². The SMILES string of the molecule is CC/C=C/COC(=O)C(C(=O)OC)S(=O)(=O)c1ccc(C)cc1. The van der Waals surface area contributed by atoms with Crippen molar-refractivity contribution in [1.82, 2.24) is 0 Å². The van der Waals surface area contributed by atoms with E-state index in [-0.39, 0.29) is 11.5 Å². The van der Waals surface area contributed by atoms with E-state index < -0.39 is 27.0 Å². The molecule has 0 aliphatic carbocycles. The number of carbonyl (C=O) groups is 2. The number of ether oxygens (including phenoxy) is 2. The molecule has 0 saturated carbocycles. The molecule has 1 unspecified atom stereocenters. The molecule has 1 atom stereocenters. The van der Waals surface area contributed by atoms with Crippen LogP contribution in [0.25, 0.3) is 0 Å². The molecule has 0 aromatic heterocycles. The van der Waals surface area contributed by atoms with Gasteiger partial charge in [-0.1, -0.05) is 36.8 Å². The lowest BCUT2D eigenvalue weighted by atomic mass is 10.2. The first kappa shape index (κ1) is 18.9. The highest BCUT2D eigenvalue weighted by Gasteiger charge is 2.42. The summed E-state index contributed by atoms with van der Waals surface area (Å²) in [5, 5.41) is -2.04. The Kier molecular flexibility index (Phi) is 6.96. The molecule has 0 N–H and O–H groups in total. The van der Waals surface area contributed by atoms with Crippen LogP contribution in [0.3, 0.4) is 0 Å². The van der Waals surface area contributed by atoms with Gasteiger partial charge in [-0.15, -0.1) is 0 Å². The topological polar surface area (TPSA) is 86.7 Å². The van der Waals surface area contributed by atoms with Crippen LogP contribution in [0.15, 0.2) is 41.3 Å². The van der Waals surface area contributed by atoms with Gasteiger partial charge in [-0.25, -0.2) is 13.2 Å². The molecule has 0 aliphatic rings. The van der Waals surface area contributed by atoms with E-state index in [0.717, 1.165) is 19.1 Å². The molecule has 0 aliphatic heterocycles. The number of allylic oxidation sites excluding steroid dienone is 1. The van der Waals surface area contributed by atoms with Crippen LogP contribution in [0.4, 0.5) is 0 Å². The highest BCUT2D eigenvalue weighted by molar-refractivity contribution is 7.93. The minimum Gasteiger partial charge on any atom is -0.468 e. The molecule has 23 heavy (non-hydrogen) atoms. The van der Waals surface area contributed by atoms with Gasteiger partial charge in [-0.2, -0.15) is 0 Å². The number of sulfone groups is 1. The van der Waals surface area contributed by atoms with Crippen molar-refractivity contribution in [3.05, 3.63) is 42.0 Å². The van der Waals surface area contributed by atoms with Gasteiger partial charge in [0.2, 0.25) is 9.84 Å². The smallest absolute Gasteiger partial charge is 0.336 e. The molecular weight excluding hydrogens is 320 g/mol. The summed E-state index contributed by atoms with van der Waals surface area (Å²) < 4.78 is 34.4. The Morgan fingerprint density at radius 2 is 1.74 bits per heavy atom. The number of esters is 2. The van der Waals surface area contributed by atoms with Gasteiger partial charge in [0, 0.05) is 0 Å². The predicted molar refractivity (Wildman–Crippen MR) is 84.6 cm³/mol. The Bertz CT molecular complexity index is 673. The third-order valence-corrected chi connectivity index (χ3v) is 4.95. The lowest BCUT2D eigenvalue weighted by Crippen LogP contribution is -2.40. The quantitative estimate of drug-likeness (QED) is 0.427. The van der Waals surface area contributed by atoms with Crippen molar-refractivity contribution in [3.63, 3.8) is 0 Å². The standard InChI is InChI=1S/C16H20O6S/c1-4-5-6-11-22-16(18)14(15(17)21-3)23(19,20)13-9-7-12(2)8-10-13/h5-10,14H,4,11H2,1-3H3/b6-5+. The monoisotopic (exact) mass is 340 g/mol. The molecule has 0 bridgehead atoms. The highest BCUT2D eigenvalue weighted by Crippen LogP contribution is 2.19. The minimum atomic E-state index is -4.24. The van der Waals surface area contributed by atoms with Crippen LogP contribution in [0.2, 0.25) is 0 Å². The summed E-state index contributed by atoms with van der Waals surface area (Å²) in [6.07, 6.45) is 4.08. The molecular formula is C16H20O6S. The van der Waals surface area contributed by atoms with E-state index in [4.69, 9.17) is 4.74 Å². The van der Waals surface area contributed by atoms with E-state index >= 15 is 0 Å². The predicted octanol–water partition coefficient (Wildman–Crippen LogP) is 1.82. The summed E-state index contributed by atoms with van der Waals surface area (Å²) in [6, 6.07) is 5.84. The van der Waals surface area contributed by atoms with Crippen LogP contribution >= 0.6 is 0 Å². The average molecular weight is 340 g/mol. The van der Waals surface area contributed by atoms with Crippen LogP contribution in [0, 0.1) is 6.92 Å². The van der Waals surface area contributed by atoms with Gasteiger partial charge in [0.1, 0.15) is 6.61 Å². The first-order valence-electron chi connectivity index (χ1n) is 7.04. The fraction of sp³-hybridized carbons (Fsp3) is 0.375. The van der Waals surface area contributed by atoms with Crippen LogP contribution < -0.4 is 0 Å². The lowest BCUT2D eigenvalue weighted by Gasteiger charge is -2.14. The third-order valence-electron chi connectivity index (χ3n) is 3.01. The van der Waals surface area contributed by atoms with E-state index in [0.29, 0.717) is 0 Å². The van der Waals surface area contributed by atoms with Crippen molar-refractivity contribution in [2.75, 3.05) is 13.7 Å². The Morgan fingerprint density at radius 1 is 1.13 bits per heavy atom. The number of methoxy groups -OCH3 is 1. The van der Waals surface area contributed by atoms with E-state index in [1.807, 2.05) is 6.92 Å². The summed E-state index contributed by atoms with van der Waals surface area (Å²) in [7, 11) is -3.23. The second kappa shape index (κ2) is 8.47. The van der Waals surface area contributed by atoms with Crippen molar-refractivity contribution in [1.29, 1.82) is 0 Å². The summed E-state index contributed by atoms with van der Waals surface area (Å²) in [6.45, 7) is 3.59. The van der Waals surface area contributed by atoms with Crippen molar-refractivity contribution in [2.45, 2.75) is 30.4 Å². The fourth-order valence-corrected chi connectivity index (χ4v) is 3.22. The van der Waals surface area contributed by atoms with Gasteiger partial charge in [0.15, 0.2) is 0 Å². The normalized spacial score (nSPS) is 12.8. The molecule has 0 spiro atoms. The molecule has 126 valence electrons. The molecule has 0 amide bonds. The van der Waals surface area contributed by atoms with Crippen molar-refractivity contribution >= 4 is 21.8 Å². The first-order chi connectivity index (χ1) is 10.8. The van der Waals surface area contributed by atoms with Gasteiger partial charge in [-0.3, -0.25) is 4.79 Å². The molecule has 0 saturated heterocycles. The molecule has 0 fully saturated rings. The number of benzene rings is 1. The molecule has 1 aromatic carbocycles.